The van der Waals surface area contributed by atoms with Gasteiger partial charge in [0.25, 0.3) is 0 Å². The van der Waals surface area contributed by atoms with E-state index in [1.54, 1.807) is 0 Å². The van der Waals surface area contributed by atoms with Crippen molar-refractivity contribution in [2.24, 2.45) is 5.92 Å². The fraction of sp³-hybridized carbons (Fsp3) is 0.579. The van der Waals surface area contributed by atoms with Gasteiger partial charge in [0, 0.05) is 19.0 Å². The van der Waals surface area contributed by atoms with E-state index in [1.807, 2.05) is 49.1 Å². The Kier molecular flexibility index (Phi) is 4.42. The zero-order chi connectivity index (χ0) is 16.4. The van der Waals surface area contributed by atoms with E-state index < -0.39 is 5.54 Å². The second-order valence-electron chi connectivity index (χ2n) is 7.37. The number of carbonyl (C=O) groups is 2. The van der Waals surface area contributed by atoms with Gasteiger partial charge in [0.15, 0.2) is 0 Å². The van der Waals surface area contributed by atoms with E-state index in [0.717, 1.165) is 18.4 Å². The molecular weight excluding hydrogens is 288 g/mol. The van der Waals surface area contributed by atoms with Crippen LogP contribution in [0.15, 0.2) is 30.3 Å². The van der Waals surface area contributed by atoms with Gasteiger partial charge in [-0.05, 0) is 32.3 Å². The molecule has 1 aromatic carbocycles. The molecule has 1 saturated heterocycles. The Balaban J connectivity index is 1.63. The third-order valence-electron chi connectivity index (χ3n) is 5.23. The highest BCUT2D eigenvalue weighted by molar-refractivity contribution is 5.89. The van der Waals surface area contributed by atoms with Crippen LogP contribution in [0.5, 0.6) is 0 Å². The Labute approximate surface area is 138 Å². The van der Waals surface area contributed by atoms with Gasteiger partial charge in [0.1, 0.15) is 0 Å². The van der Waals surface area contributed by atoms with Gasteiger partial charge in [-0.2, -0.15) is 0 Å². The standard InChI is InChI=1S/C19H26N2O2/c1-19(2,15-8-4-3-5-9-15)20-18(23)14-12-17(22)21(13-14)16-10-6-7-11-16/h3-5,8-9,14,16H,6-7,10-13H2,1-2H3,(H,20,23)/t14-/m0/s1. The van der Waals surface area contributed by atoms with E-state index in [0.29, 0.717) is 19.0 Å². The molecule has 0 radical (unpaired) electrons. The summed E-state index contributed by atoms with van der Waals surface area (Å²) in [5.41, 5.74) is 0.646. The highest BCUT2D eigenvalue weighted by Gasteiger charge is 2.39. The first-order chi connectivity index (χ1) is 11.0. The predicted molar refractivity (Wildman–Crippen MR) is 89.7 cm³/mol. The first-order valence-corrected chi connectivity index (χ1v) is 8.64. The molecule has 0 aromatic heterocycles. The molecule has 0 bridgehead atoms. The second kappa shape index (κ2) is 6.34. The van der Waals surface area contributed by atoms with E-state index in [2.05, 4.69) is 5.32 Å². The van der Waals surface area contributed by atoms with Crippen LogP contribution in [0.3, 0.4) is 0 Å². The third-order valence-corrected chi connectivity index (χ3v) is 5.23. The molecule has 1 aliphatic carbocycles. The summed E-state index contributed by atoms with van der Waals surface area (Å²) in [5.74, 6) is -0.0756. The molecule has 4 heteroatoms. The lowest BCUT2D eigenvalue weighted by Crippen LogP contribution is -2.45. The fourth-order valence-electron chi connectivity index (χ4n) is 3.81. The molecule has 1 atom stereocenters. The summed E-state index contributed by atoms with van der Waals surface area (Å²) in [6, 6.07) is 10.3. The second-order valence-corrected chi connectivity index (χ2v) is 7.37. The molecule has 2 amide bonds. The first kappa shape index (κ1) is 16.0. The van der Waals surface area contributed by atoms with Gasteiger partial charge in [-0.3, -0.25) is 9.59 Å². The van der Waals surface area contributed by atoms with Crippen molar-refractivity contribution in [3.05, 3.63) is 35.9 Å². The largest absolute Gasteiger partial charge is 0.347 e. The Morgan fingerprint density at radius 2 is 1.83 bits per heavy atom. The van der Waals surface area contributed by atoms with Gasteiger partial charge in [-0.15, -0.1) is 0 Å². The molecular formula is C19H26N2O2. The van der Waals surface area contributed by atoms with E-state index >= 15 is 0 Å². The average molecular weight is 314 g/mol. The molecule has 1 aliphatic heterocycles. The maximum absolute atomic E-state index is 12.7. The minimum atomic E-state index is -0.428. The molecule has 3 rings (SSSR count). The molecule has 124 valence electrons. The molecule has 1 aromatic rings. The minimum Gasteiger partial charge on any atom is -0.347 e. The summed E-state index contributed by atoms with van der Waals surface area (Å²) in [4.78, 5) is 26.9. The molecule has 1 saturated carbocycles. The van der Waals surface area contributed by atoms with Crippen LogP contribution in [0.2, 0.25) is 0 Å². The van der Waals surface area contributed by atoms with Crippen LogP contribution < -0.4 is 5.32 Å². The highest BCUT2D eigenvalue weighted by Crippen LogP contribution is 2.30. The van der Waals surface area contributed by atoms with Crippen LogP contribution in [-0.2, 0) is 15.1 Å². The summed E-state index contributed by atoms with van der Waals surface area (Å²) in [6.07, 6.45) is 4.94. The normalized spacial score (nSPS) is 22.6. The monoisotopic (exact) mass is 314 g/mol. The van der Waals surface area contributed by atoms with E-state index in [4.69, 9.17) is 0 Å². The summed E-state index contributed by atoms with van der Waals surface area (Å²) >= 11 is 0. The number of likely N-dealkylation sites (tertiary alicyclic amines) is 1. The number of rotatable bonds is 4. The van der Waals surface area contributed by atoms with Crippen LogP contribution in [0.4, 0.5) is 0 Å². The SMILES string of the molecule is CC(C)(NC(=O)[C@H]1CC(=O)N(C2CCCC2)C1)c1ccccc1. The van der Waals surface area contributed by atoms with Crippen molar-refractivity contribution < 1.29 is 9.59 Å². The lowest BCUT2D eigenvalue weighted by atomic mass is 9.93. The van der Waals surface area contributed by atoms with Crippen LogP contribution in [-0.4, -0.2) is 29.3 Å². The quantitative estimate of drug-likeness (QED) is 0.929. The van der Waals surface area contributed by atoms with E-state index in [9.17, 15) is 9.59 Å². The van der Waals surface area contributed by atoms with Gasteiger partial charge >= 0.3 is 0 Å². The van der Waals surface area contributed by atoms with E-state index in [-0.39, 0.29) is 17.7 Å². The summed E-state index contributed by atoms with van der Waals surface area (Å²) < 4.78 is 0. The smallest absolute Gasteiger partial charge is 0.226 e. The Bertz CT molecular complexity index is 576. The third kappa shape index (κ3) is 3.41. The predicted octanol–water partition coefficient (Wildman–Crippen LogP) is 2.83. The fourth-order valence-corrected chi connectivity index (χ4v) is 3.81. The number of nitrogens with zero attached hydrogens (tertiary/aromatic N) is 1. The number of nitrogens with one attached hydrogen (secondary N) is 1. The average Bonchev–Trinajstić information content (AvgIpc) is 3.17. The minimum absolute atomic E-state index is 0.00676. The lowest BCUT2D eigenvalue weighted by Gasteiger charge is -2.29. The molecule has 1 N–H and O–H groups in total. The Morgan fingerprint density at radius 1 is 1.17 bits per heavy atom. The van der Waals surface area contributed by atoms with Crippen molar-refractivity contribution in [3.63, 3.8) is 0 Å². The number of hydrogen-bond donors (Lipinski definition) is 1. The molecule has 2 aliphatic rings. The topological polar surface area (TPSA) is 49.4 Å². The van der Waals surface area contributed by atoms with Crippen LogP contribution in [0.1, 0.15) is 51.5 Å². The zero-order valence-corrected chi connectivity index (χ0v) is 14.0. The Morgan fingerprint density at radius 3 is 2.48 bits per heavy atom. The van der Waals surface area contributed by atoms with Crippen LogP contribution in [0, 0.1) is 5.92 Å². The van der Waals surface area contributed by atoms with Crippen molar-refractivity contribution in [2.45, 2.75) is 57.5 Å². The molecule has 23 heavy (non-hydrogen) atoms. The maximum Gasteiger partial charge on any atom is 0.226 e. The van der Waals surface area contributed by atoms with Gasteiger partial charge in [-0.1, -0.05) is 43.2 Å². The van der Waals surface area contributed by atoms with Gasteiger partial charge in [0.2, 0.25) is 11.8 Å². The van der Waals surface area contributed by atoms with Gasteiger partial charge in [-0.25, -0.2) is 0 Å². The van der Waals surface area contributed by atoms with Crippen molar-refractivity contribution in [1.29, 1.82) is 0 Å². The van der Waals surface area contributed by atoms with Crippen LogP contribution in [0.25, 0.3) is 0 Å². The summed E-state index contributed by atoms with van der Waals surface area (Å²) in [7, 11) is 0. The molecule has 4 nitrogen and oxygen atoms in total. The number of amides is 2. The molecule has 1 heterocycles. The molecule has 0 spiro atoms. The van der Waals surface area contributed by atoms with Gasteiger partial charge < -0.3 is 10.2 Å². The number of benzene rings is 1. The van der Waals surface area contributed by atoms with Crippen molar-refractivity contribution in [2.75, 3.05) is 6.54 Å². The number of carbonyl (C=O) groups excluding carboxylic acids is 2. The first-order valence-electron chi connectivity index (χ1n) is 8.64. The Hall–Kier alpha value is -1.84. The summed E-state index contributed by atoms with van der Waals surface area (Å²) in [6.45, 7) is 4.59. The van der Waals surface area contributed by atoms with Gasteiger partial charge in [0.05, 0.1) is 11.5 Å². The van der Waals surface area contributed by atoms with Crippen LogP contribution >= 0.6 is 0 Å². The van der Waals surface area contributed by atoms with Crippen molar-refractivity contribution >= 4 is 11.8 Å². The highest BCUT2D eigenvalue weighted by atomic mass is 16.2. The molecule has 0 unspecified atom stereocenters. The molecule has 2 fully saturated rings. The lowest BCUT2D eigenvalue weighted by molar-refractivity contribution is -0.130. The maximum atomic E-state index is 12.7. The summed E-state index contributed by atoms with van der Waals surface area (Å²) in [5, 5.41) is 3.13. The van der Waals surface area contributed by atoms with Crippen molar-refractivity contribution in [3.8, 4) is 0 Å². The van der Waals surface area contributed by atoms with Crippen molar-refractivity contribution in [1.82, 2.24) is 10.2 Å². The van der Waals surface area contributed by atoms with E-state index in [1.165, 1.54) is 12.8 Å². The zero-order valence-electron chi connectivity index (χ0n) is 14.0. The number of hydrogen-bond acceptors (Lipinski definition) is 2.